The largest absolute Gasteiger partial charge is 0.493 e. The zero-order chi connectivity index (χ0) is 14.5. The fourth-order valence-electron chi connectivity index (χ4n) is 2.66. The fourth-order valence-corrected chi connectivity index (χ4v) is 2.66. The molecule has 0 amide bonds. The van der Waals surface area contributed by atoms with E-state index < -0.39 is 0 Å². The predicted molar refractivity (Wildman–Crippen MR) is 76.7 cm³/mol. The highest BCUT2D eigenvalue weighted by molar-refractivity contribution is 5.82. The molecule has 0 bridgehead atoms. The summed E-state index contributed by atoms with van der Waals surface area (Å²) < 4.78 is 16.3. The Morgan fingerprint density at radius 3 is 2.20 bits per heavy atom. The summed E-state index contributed by atoms with van der Waals surface area (Å²) in [4.78, 5) is 12.1. The number of Topliss-reactive ketones (excluding diaryl/α,β-unsaturated/α-hetero) is 1. The van der Waals surface area contributed by atoms with Gasteiger partial charge < -0.3 is 14.2 Å². The van der Waals surface area contributed by atoms with Crippen LogP contribution < -0.4 is 14.2 Å². The summed E-state index contributed by atoms with van der Waals surface area (Å²) >= 11 is 0. The number of ketones is 1. The van der Waals surface area contributed by atoms with Gasteiger partial charge in [0.05, 0.1) is 14.2 Å². The lowest BCUT2D eigenvalue weighted by Gasteiger charge is -2.16. The number of benzene rings is 1. The second-order valence-electron chi connectivity index (χ2n) is 5.23. The zero-order valence-electron chi connectivity index (χ0n) is 12.4. The van der Waals surface area contributed by atoms with E-state index in [9.17, 15) is 4.79 Å². The first-order valence-corrected chi connectivity index (χ1v) is 7.04. The first-order valence-electron chi connectivity index (χ1n) is 7.04. The van der Waals surface area contributed by atoms with Crippen molar-refractivity contribution in [2.75, 3.05) is 20.8 Å². The number of hydrogen-bond donors (Lipinski definition) is 0. The second kappa shape index (κ2) is 6.64. The van der Waals surface area contributed by atoms with Crippen molar-refractivity contribution in [1.29, 1.82) is 0 Å². The van der Waals surface area contributed by atoms with Gasteiger partial charge in [-0.3, -0.25) is 4.79 Å². The lowest BCUT2D eigenvalue weighted by atomic mass is 10.0. The Labute approximate surface area is 120 Å². The van der Waals surface area contributed by atoms with E-state index >= 15 is 0 Å². The predicted octanol–water partition coefficient (Wildman–Crippen LogP) is 3.15. The van der Waals surface area contributed by atoms with Crippen molar-refractivity contribution < 1.29 is 19.0 Å². The number of rotatable bonds is 6. The van der Waals surface area contributed by atoms with Crippen LogP contribution in [0.2, 0.25) is 0 Å². The van der Waals surface area contributed by atoms with E-state index in [-0.39, 0.29) is 18.3 Å². The maximum absolute atomic E-state index is 12.1. The SMILES string of the molecule is COc1cc(C)cc(OC)c1OCC(=O)C1CCCC1. The Morgan fingerprint density at radius 2 is 1.70 bits per heavy atom. The molecule has 1 fully saturated rings. The Morgan fingerprint density at radius 1 is 1.15 bits per heavy atom. The monoisotopic (exact) mass is 278 g/mol. The van der Waals surface area contributed by atoms with Crippen LogP contribution >= 0.6 is 0 Å². The van der Waals surface area contributed by atoms with Crippen LogP contribution in [0, 0.1) is 12.8 Å². The molecule has 0 aromatic heterocycles. The third-order valence-electron chi connectivity index (χ3n) is 3.77. The third kappa shape index (κ3) is 3.24. The van der Waals surface area contributed by atoms with Gasteiger partial charge in [0.1, 0.15) is 6.61 Å². The van der Waals surface area contributed by atoms with Crippen LogP contribution in [-0.2, 0) is 4.79 Å². The van der Waals surface area contributed by atoms with Gasteiger partial charge in [-0.15, -0.1) is 0 Å². The quantitative estimate of drug-likeness (QED) is 0.802. The van der Waals surface area contributed by atoms with Gasteiger partial charge in [0, 0.05) is 5.92 Å². The Kier molecular flexibility index (Phi) is 4.88. The second-order valence-corrected chi connectivity index (χ2v) is 5.23. The number of carbonyl (C=O) groups is 1. The summed E-state index contributed by atoms with van der Waals surface area (Å²) in [5.41, 5.74) is 1.02. The normalized spacial score (nSPS) is 15.2. The van der Waals surface area contributed by atoms with E-state index in [1.165, 1.54) is 0 Å². The van der Waals surface area contributed by atoms with Gasteiger partial charge in [-0.1, -0.05) is 12.8 Å². The standard InChI is InChI=1S/C16H22O4/c1-11-8-14(18-2)16(15(9-11)19-3)20-10-13(17)12-6-4-5-7-12/h8-9,12H,4-7,10H2,1-3H3. The number of hydrogen-bond acceptors (Lipinski definition) is 4. The molecule has 1 aromatic rings. The number of aryl methyl sites for hydroxylation is 1. The van der Waals surface area contributed by atoms with Crippen LogP contribution in [0.1, 0.15) is 31.2 Å². The molecule has 0 unspecified atom stereocenters. The third-order valence-corrected chi connectivity index (χ3v) is 3.77. The van der Waals surface area contributed by atoms with E-state index in [4.69, 9.17) is 14.2 Å². The molecule has 1 aromatic carbocycles. The summed E-state index contributed by atoms with van der Waals surface area (Å²) in [5.74, 6) is 2.04. The van der Waals surface area contributed by atoms with Crippen LogP contribution in [0.3, 0.4) is 0 Å². The topological polar surface area (TPSA) is 44.8 Å². The van der Waals surface area contributed by atoms with Crippen molar-refractivity contribution in [3.05, 3.63) is 17.7 Å². The highest BCUT2D eigenvalue weighted by Gasteiger charge is 2.24. The summed E-state index contributed by atoms with van der Waals surface area (Å²) in [5, 5.41) is 0. The minimum absolute atomic E-state index is 0.0838. The van der Waals surface area contributed by atoms with Crippen molar-refractivity contribution >= 4 is 5.78 Å². The molecule has 1 saturated carbocycles. The number of methoxy groups -OCH3 is 2. The van der Waals surface area contributed by atoms with Crippen LogP contribution in [0.5, 0.6) is 17.2 Å². The molecule has 110 valence electrons. The molecular formula is C16H22O4. The van der Waals surface area contributed by atoms with Crippen molar-refractivity contribution in [3.63, 3.8) is 0 Å². The molecule has 4 nitrogen and oxygen atoms in total. The Hall–Kier alpha value is -1.71. The van der Waals surface area contributed by atoms with E-state index in [0.717, 1.165) is 31.2 Å². The van der Waals surface area contributed by atoms with Crippen molar-refractivity contribution in [3.8, 4) is 17.2 Å². The molecule has 20 heavy (non-hydrogen) atoms. The molecule has 0 N–H and O–H groups in total. The lowest BCUT2D eigenvalue weighted by molar-refractivity contribution is -0.124. The Balaban J connectivity index is 2.09. The maximum atomic E-state index is 12.1. The maximum Gasteiger partial charge on any atom is 0.203 e. The molecule has 1 aliphatic carbocycles. The minimum atomic E-state index is 0.0838. The van der Waals surface area contributed by atoms with Crippen LogP contribution in [0.4, 0.5) is 0 Å². The molecule has 0 saturated heterocycles. The molecule has 0 spiro atoms. The van der Waals surface area contributed by atoms with Gasteiger partial charge in [0.25, 0.3) is 0 Å². The van der Waals surface area contributed by atoms with Crippen molar-refractivity contribution in [1.82, 2.24) is 0 Å². The first kappa shape index (κ1) is 14.7. The highest BCUT2D eigenvalue weighted by atomic mass is 16.5. The minimum Gasteiger partial charge on any atom is -0.493 e. The van der Waals surface area contributed by atoms with Gasteiger partial charge >= 0.3 is 0 Å². The fraction of sp³-hybridized carbons (Fsp3) is 0.562. The average Bonchev–Trinajstić information content (AvgIpc) is 2.98. The van der Waals surface area contributed by atoms with Crippen molar-refractivity contribution in [2.45, 2.75) is 32.6 Å². The van der Waals surface area contributed by atoms with Gasteiger partial charge in [-0.2, -0.15) is 0 Å². The molecule has 0 radical (unpaired) electrons. The van der Waals surface area contributed by atoms with E-state index in [1.807, 2.05) is 19.1 Å². The summed E-state index contributed by atoms with van der Waals surface area (Å²) in [6.45, 7) is 2.04. The smallest absolute Gasteiger partial charge is 0.203 e. The number of carbonyl (C=O) groups excluding carboxylic acids is 1. The summed E-state index contributed by atoms with van der Waals surface area (Å²) in [7, 11) is 3.17. The molecule has 0 atom stereocenters. The highest BCUT2D eigenvalue weighted by Crippen LogP contribution is 2.38. The first-order chi connectivity index (χ1) is 9.65. The molecule has 0 aliphatic heterocycles. The number of ether oxygens (including phenoxy) is 3. The van der Waals surface area contributed by atoms with Gasteiger partial charge in [0.15, 0.2) is 17.3 Å². The molecule has 2 rings (SSSR count). The van der Waals surface area contributed by atoms with Crippen LogP contribution in [0.15, 0.2) is 12.1 Å². The van der Waals surface area contributed by atoms with E-state index in [0.29, 0.717) is 17.2 Å². The molecule has 0 heterocycles. The molecule has 4 heteroatoms. The van der Waals surface area contributed by atoms with Crippen LogP contribution in [-0.4, -0.2) is 26.6 Å². The molecular weight excluding hydrogens is 256 g/mol. The summed E-state index contributed by atoms with van der Waals surface area (Å²) in [6.07, 6.45) is 4.27. The lowest BCUT2D eigenvalue weighted by Crippen LogP contribution is -2.19. The molecule has 1 aliphatic rings. The van der Waals surface area contributed by atoms with E-state index in [1.54, 1.807) is 14.2 Å². The van der Waals surface area contributed by atoms with Crippen LogP contribution in [0.25, 0.3) is 0 Å². The zero-order valence-corrected chi connectivity index (χ0v) is 12.4. The van der Waals surface area contributed by atoms with Gasteiger partial charge in [-0.05, 0) is 37.5 Å². The summed E-state index contributed by atoms with van der Waals surface area (Å²) in [6, 6.07) is 3.75. The van der Waals surface area contributed by atoms with E-state index in [2.05, 4.69) is 0 Å². The van der Waals surface area contributed by atoms with Crippen molar-refractivity contribution in [2.24, 2.45) is 5.92 Å². The van der Waals surface area contributed by atoms with Gasteiger partial charge in [-0.25, -0.2) is 0 Å². The average molecular weight is 278 g/mol. The Bertz CT molecular complexity index is 450. The van der Waals surface area contributed by atoms with Gasteiger partial charge in [0.2, 0.25) is 5.75 Å².